The molecule has 1 aliphatic rings. The molecule has 0 aromatic carbocycles. The van der Waals surface area contributed by atoms with Crippen LogP contribution in [0.1, 0.15) is 43.4 Å². The number of carbonyl (C=O) groups is 1. The fourth-order valence-corrected chi connectivity index (χ4v) is 3.02. The maximum Gasteiger partial charge on any atom is 0.244 e. The fraction of sp³-hybridized carbons (Fsp3) is 0.625. The van der Waals surface area contributed by atoms with E-state index in [0.717, 1.165) is 11.4 Å². The summed E-state index contributed by atoms with van der Waals surface area (Å²) in [5.41, 5.74) is 1.24. The molecule has 1 aliphatic heterocycles. The number of likely N-dealkylation sites (tertiary alicyclic amines) is 1. The number of aryl methyl sites for hydroxylation is 2. The van der Waals surface area contributed by atoms with Crippen molar-refractivity contribution in [2.45, 2.75) is 52.3 Å². The lowest BCUT2D eigenvalue weighted by molar-refractivity contribution is -0.132. The van der Waals surface area contributed by atoms with Gasteiger partial charge in [-0.25, -0.2) is 4.68 Å². The van der Waals surface area contributed by atoms with Gasteiger partial charge < -0.3 is 10.0 Å². The van der Waals surface area contributed by atoms with Crippen LogP contribution in [0, 0.1) is 13.8 Å². The lowest BCUT2D eigenvalue weighted by Crippen LogP contribution is -2.36. The summed E-state index contributed by atoms with van der Waals surface area (Å²) in [6, 6.07) is 2.12. The molecule has 0 unspecified atom stereocenters. The number of carbonyl (C=O) groups excluding carboxylic acids is 1. The van der Waals surface area contributed by atoms with Gasteiger partial charge >= 0.3 is 0 Å². The molecular weight excluding hydrogens is 308 g/mol. The molecule has 1 N–H and O–H groups in total. The van der Waals surface area contributed by atoms with E-state index in [-0.39, 0.29) is 25.0 Å². The highest BCUT2D eigenvalue weighted by Crippen LogP contribution is 2.31. The number of nitrogens with zero attached hydrogens (tertiary/aromatic N) is 6. The molecular formula is C16H24N6O2. The zero-order chi connectivity index (χ0) is 17.5. The Morgan fingerprint density at radius 3 is 2.75 bits per heavy atom. The molecule has 2 aromatic heterocycles. The second-order valence-corrected chi connectivity index (χ2v) is 6.86. The molecule has 2 aromatic rings. The lowest BCUT2D eigenvalue weighted by Gasteiger charge is -2.21. The minimum absolute atomic E-state index is 0.0478. The van der Waals surface area contributed by atoms with Crippen LogP contribution in [0.25, 0.3) is 0 Å². The number of rotatable bonds is 4. The molecule has 0 radical (unpaired) electrons. The average Bonchev–Trinajstić information content (AvgIpc) is 3.19. The van der Waals surface area contributed by atoms with E-state index in [1.165, 1.54) is 0 Å². The van der Waals surface area contributed by atoms with Crippen LogP contribution in [-0.2, 0) is 16.9 Å². The summed E-state index contributed by atoms with van der Waals surface area (Å²) in [7, 11) is 0. The Balaban J connectivity index is 1.69. The van der Waals surface area contributed by atoms with Crippen molar-refractivity contribution in [1.29, 1.82) is 0 Å². The zero-order valence-corrected chi connectivity index (χ0v) is 14.6. The minimum Gasteiger partial charge on any atom is -0.381 e. The van der Waals surface area contributed by atoms with E-state index in [2.05, 4.69) is 15.4 Å². The van der Waals surface area contributed by atoms with E-state index >= 15 is 0 Å². The van der Waals surface area contributed by atoms with Crippen LogP contribution in [0.2, 0.25) is 0 Å². The summed E-state index contributed by atoms with van der Waals surface area (Å²) in [5, 5.41) is 23.3. The number of amides is 1. The van der Waals surface area contributed by atoms with Gasteiger partial charge in [-0.15, -0.1) is 5.10 Å². The van der Waals surface area contributed by atoms with E-state index in [4.69, 9.17) is 0 Å². The third-order valence-corrected chi connectivity index (χ3v) is 4.50. The van der Waals surface area contributed by atoms with E-state index in [9.17, 15) is 9.90 Å². The Labute approximate surface area is 141 Å². The van der Waals surface area contributed by atoms with E-state index < -0.39 is 5.60 Å². The summed E-state index contributed by atoms with van der Waals surface area (Å²) in [5.74, 6) is -0.0478. The highest BCUT2D eigenvalue weighted by atomic mass is 16.3. The Morgan fingerprint density at radius 2 is 2.17 bits per heavy atom. The molecule has 1 atom stereocenters. The van der Waals surface area contributed by atoms with Gasteiger partial charge in [-0.3, -0.25) is 9.48 Å². The van der Waals surface area contributed by atoms with Crippen LogP contribution in [-0.4, -0.2) is 53.8 Å². The van der Waals surface area contributed by atoms with E-state index in [0.29, 0.717) is 18.7 Å². The topological polar surface area (TPSA) is 89.1 Å². The van der Waals surface area contributed by atoms with Gasteiger partial charge in [0.2, 0.25) is 5.91 Å². The maximum atomic E-state index is 12.5. The van der Waals surface area contributed by atoms with Gasteiger partial charge in [0.05, 0.1) is 18.4 Å². The first-order chi connectivity index (χ1) is 11.3. The Bertz CT molecular complexity index is 750. The normalized spacial score (nSPS) is 21.0. The van der Waals surface area contributed by atoms with Crippen LogP contribution in [0.3, 0.4) is 0 Å². The fourth-order valence-electron chi connectivity index (χ4n) is 3.02. The van der Waals surface area contributed by atoms with Crippen molar-refractivity contribution in [1.82, 2.24) is 29.7 Å². The third-order valence-electron chi connectivity index (χ3n) is 4.50. The van der Waals surface area contributed by atoms with Crippen molar-refractivity contribution in [3.05, 3.63) is 29.3 Å². The molecule has 0 saturated carbocycles. The van der Waals surface area contributed by atoms with E-state index in [1.807, 2.05) is 33.8 Å². The molecule has 130 valence electrons. The van der Waals surface area contributed by atoms with Crippen LogP contribution >= 0.6 is 0 Å². The summed E-state index contributed by atoms with van der Waals surface area (Å²) >= 11 is 0. The minimum atomic E-state index is -1.13. The van der Waals surface area contributed by atoms with Gasteiger partial charge in [0.15, 0.2) is 0 Å². The second kappa shape index (κ2) is 6.01. The first-order valence-electron chi connectivity index (χ1n) is 8.22. The third kappa shape index (κ3) is 3.06. The lowest BCUT2D eigenvalue weighted by atomic mass is 10.00. The second-order valence-electron chi connectivity index (χ2n) is 6.86. The van der Waals surface area contributed by atoms with E-state index in [1.54, 1.807) is 20.5 Å². The van der Waals surface area contributed by atoms with Gasteiger partial charge in [-0.2, -0.15) is 5.10 Å². The predicted molar refractivity (Wildman–Crippen MR) is 87.2 cm³/mol. The summed E-state index contributed by atoms with van der Waals surface area (Å²) in [4.78, 5) is 14.2. The number of aromatic nitrogens is 5. The Kier molecular flexibility index (Phi) is 4.16. The maximum absolute atomic E-state index is 12.5. The van der Waals surface area contributed by atoms with Gasteiger partial charge in [-0.1, -0.05) is 5.21 Å². The smallest absolute Gasteiger partial charge is 0.244 e. The number of aliphatic hydroxyl groups is 1. The van der Waals surface area contributed by atoms with Crippen molar-refractivity contribution in [3.8, 4) is 0 Å². The summed E-state index contributed by atoms with van der Waals surface area (Å²) in [6.07, 6.45) is 2.23. The summed E-state index contributed by atoms with van der Waals surface area (Å²) < 4.78 is 3.41. The predicted octanol–water partition coefficient (Wildman–Crippen LogP) is 0.792. The number of hydrogen-bond acceptors (Lipinski definition) is 5. The molecule has 0 spiro atoms. The van der Waals surface area contributed by atoms with Gasteiger partial charge in [0, 0.05) is 24.7 Å². The van der Waals surface area contributed by atoms with Crippen LogP contribution < -0.4 is 0 Å². The Morgan fingerprint density at radius 1 is 1.42 bits per heavy atom. The molecule has 24 heavy (non-hydrogen) atoms. The van der Waals surface area contributed by atoms with Crippen molar-refractivity contribution < 1.29 is 9.90 Å². The van der Waals surface area contributed by atoms with Crippen LogP contribution in [0.5, 0.6) is 0 Å². The molecule has 8 nitrogen and oxygen atoms in total. The van der Waals surface area contributed by atoms with Crippen molar-refractivity contribution in [2.24, 2.45) is 0 Å². The highest BCUT2D eigenvalue weighted by Gasteiger charge is 2.42. The largest absolute Gasteiger partial charge is 0.381 e. The SMILES string of the molecule is Cc1cc(C)n(CC(=O)N2CC[C@@](O)(c3cn(C(C)C)nn3)C2)n1. The standard InChI is InChI=1S/C16H24N6O2/c1-11(2)21-8-14(17-19-21)16(24)5-6-20(10-16)15(23)9-22-13(4)7-12(3)18-22/h7-8,11,24H,5-6,9-10H2,1-4H3/t16-/m0/s1. The molecule has 0 aliphatic carbocycles. The zero-order valence-electron chi connectivity index (χ0n) is 14.6. The van der Waals surface area contributed by atoms with Crippen LogP contribution in [0.15, 0.2) is 12.3 Å². The first kappa shape index (κ1) is 16.6. The van der Waals surface area contributed by atoms with Gasteiger partial charge in [0.25, 0.3) is 0 Å². The first-order valence-corrected chi connectivity index (χ1v) is 8.22. The Hall–Kier alpha value is -2.22. The highest BCUT2D eigenvalue weighted by molar-refractivity contribution is 5.76. The molecule has 1 saturated heterocycles. The van der Waals surface area contributed by atoms with Gasteiger partial charge in [0.1, 0.15) is 17.8 Å². The van der Waals surface area contributed by atoms with Crippen molar-refractivity contribution >= 4 is 5.91 Å². The summed E-state index contributed by atoms with van der Waals surface area (Å²) in [6.45, 7) is 8.76. The van der Waals surface area contributed by atoms with Crippen molar-refractivity contribution in [2.75, 3.05) is 13.1 Å². The van der Waals surface area contributed by atoms with Crippen molar-refractivity contribution in [3.63, 3.8) is 0 Å². The number of β-amino-alcohol motifs (C(OH)–C–C–N with tert-alkyl or cyclic N) is 1. The molecule has 0 bridgehead atoms. The van der Waals surface area contributed by atoms with Crippen LogP contribution in [0.4, 0.5) is 0 Å². The molecule has 8 heteroatoms. The monoisotopic (exact) mass is 332 g/mol. The molecule has 1 amide bonds. The molecule has 3 heterocycles. The van der Waals surface area contributed by atoms with Gasteiger partial charge in [-0.05, 0) is 33.8 Å². The number of hydrogen-bond donors (Lipinski definition) is 1. The molecule has 3 rings (SSSR count). The quantitative estimate of drug-likeness (QED) is 0.894. The average molecular weight is 332 g/mol. The molecule has 1 fully saturated rings.